The van der Waals surface area contributed by atoms with Crippen molar-refractivity contribution < 1.29 is 29.2 Å². The highest BCUT2D eigenvalue weighted by Gasteiger charge is 2.29. The Morgan fingerprint density at radius 1 is 0.814 bits per heavy atom. The first-order chi connectivity index (χ1) is 21.2. The van der Waals surface area contributed by atoms with Gasteiger partial charge in [0.15, 0.2) is 11.5 Å². The summed E-state index contributed by atoms with van der Waals surface area (Å²) < 4.78 is 26.2. The molecular formula is C34H43N3O6. The summed E-state index contributed by atoms with van der Waals surface area (Å²) in [5, 5.41) is 22.3. The zero-order valence-corrected chi connectivity index (χ0v) is 24.7. The number of anilines is 1. The lowest BCUT2D eigenvalue weighted by Gasteiger charge is -2.18. The zero-order valence-electron chi connectivity index (χ0n) is 24.7. The number of para-hydroxylation sites is 2. The number of nitrogens with one attached hydrogen (secondary N) is 1. The van der Waals surface area contributed by atoms with Gasteiger partial charge in [0.05, 0.1) is 43.6 Å². The van der Waals surface area contributed by atoms with Crippen LogP contribution in [0.4, 0.5) is 5.95 Å². The van der Waals surface area contributed by atoms with E-state index in [0.29, 0.717) is 50.9 Å². The van der Waals surface area contributed by atoms with E-state index in [9.17, 15) is 5.11 Å². The molecule has 1 fully saturated rings. The number of hydrogen-bond donors (Lipinski definition) is 3. The Balaban J connectivity index is 1.19. The van der Waals surface area contributed by atoms with E-state index in [-0.39, 0.29) is 25.5 Å². The van der Waals surface area contributed by atoms with Crippen LogP contribution in [0.2, 0.25) is 0 Å². The number of aromatic nitrogens is 2. The number of unbranched alkanes of at least 4 members (excludes halogenated alkanes) is 2. The molecule has 0 saturated carbocycles. The van der Waals surface area contributed by atoms with Gasteiger partial charge in [0.1, 0.15) is 6.23 Å². The molecule has 0 unspecified atom stereocenters. The fraction of sp³-hybridized carbons (Fsp3) is 0.441. The highest BCUT2D eigenvalue weighted by Crippen LogP contribution is 2.35. The van der Waals surface area contributed by atoms with Crippen molar-refractivity contribution >= 4 is 17.0 Å². The summed E-state index contributed by atoms with van der Waals surface area (Å²) in [5.41, 5.74) is 4.09. The second-order valence-electron chi connectivity index (χ2n) is 10.8. The molecule has 1 aromatic heterocycles. The molecule has 1 aliphatic heterocycles. The summed E-state index contributed by atoms with van der Waals surface area (Å²) in [6.07, 6.45) is 4.53. The van der Waals surface area contributed by atoms with Crippen LogP contribution in [0.15, 0.2) is 72.8 Å². The third-order valence-electron chi connectivity index (χ3n) is 7.49. The van der Waals surface area contributed by atoms with Gasteiger partial charge in [-0.3, -0.25) is 4.57 Å². The van der Waals surface area contributed by atoms with E-state index in [2.05, 4.69) is 22.0 Å². The summed E-state index contributed by atoms with van der Waals surface area (Å²) in [7, 11) is 0. The van der Waals surface area contributed by atoms with Crippen molar-refractivity contribution in [2.45, 2.75) is 64.0 Å². The third kappa shape index (κ3) is 8.70. The monoisotopic (exact) mass is 589 g/mol. The number of benzene rings is 3. The lowest BCUT2D eigenvalue weighted by molar-refractivity contribution is -0.0195. The number of imidazole rings is 1. The average Bonchev–Trinajstić information content (AvgIpc) is 3.67. The molecule has 3 N–H and O–H groups in total. The van der Waals surface area contributed by atoms with Crippen molar-refractivity contribution in [1.82, 2.24) is 9.55 Å². The van der Waals surface area contributed by atoms with Gasteiger partial charge in [-0.05, 0) is 73.9 Å². The minimum atomic E-state index is -0.183. The van der Waals surface area contributed by atoms with Crippen LogP contribution in [0.5, 0.6) is 11.5 Å². The van der Waals surface area contributed by atoms with Crippen molar-refractivity contribution in [2.75, 3.05) is 38.4 Å². The predicted octanol–water partition coefficient (Wildman–Crippen LogP) is 5.85. The molecule has 2 heterocycles. The van der Waals surface area contributed by atoms with E-state index < -0.39 is 0 Å². The number of aliphatic hydroxyl groups excluding tert-OH is 2. The van der Waals surface area contributed by atoms with Crippen LogP contribution in [0.1, 0.15) is 55.9 Å². The normalized spacial score (nSPS) is 16.5. The van der Waals surface area contributed by atoms with Gasteiger partial charge >= 0.3 is 0 Å². The molecule has 9 heteroatoms. The first-order valence-electron chi connectivity index (χ1n) is 15.3. The smallest absolute Gasteiger partial charge is 0.206 e. The molecule has 0 amide bonds. The molecule has 230 valence electrons. The molecule has 0 bridgehead atoms. The van der Waals surface area contributed by atoms with Gasteiger partial charge in [-0.15, -0.1) is 0 Å². The van der Waals surface area contributed by atoms with E-state index >= 15 is 0 Å². The first-order valence-corrected chi connectivity index (χ1v) is 15.3. The Hall–Kier alpha value is -3.63. The van der Waals surface area contributed by atoms with Gasteiger partial charge in [0.25, 0.3) is 0 Å². The van der Waals surface area contributed by atoms with Crippen molar-refractivity contribution in [3.8, 4) is 11.5 Å². The van der Waals surface area contributed by atoms with E-state index in [4.69, 9.17) is 29.0 Å². The third-order valence-corrected chi connectivity index (χ3v) is 7.49. The lowest BCUT2D eigenvalue weighted by Crippen LogP contribution is -2.16. The first kappa shape index (κ1) is 30.8. The summed E-state index contributed by atoms with van der Waals surface area (Å²) in [6, 6.07) is 24.2. The van der Waals surface area contributed by atoms with Gasteiger partial charge < -0.3 is 34.5 Å². The summed E-state index contributed by atoms with van der Waals surface area (Å²) in [5.74, 6) is 2.13. The number of aliphatic hydroxyl groups is 2. The van der Waals surface area contributed by atoms with E-state index in [0.717, 1.165) is 54.6 Å². The van der Waals surface area contributed by atoms with Gasteiger partial charge in [0, 0.05) is 19.8 Å². The molecule has 2 atom stereocenters. The predicted molar refractivity (Wildman–Crippen MR) is 166 cm³/mol. The topological polar surface area (TPSA) is 107 Å². The Morgan fingerprint density at radius 2 is 1.58 bits per heavy atom. The van der Waals surface area contributed by atoms with Gasteiger partial charge in [0.2, 0.25) is 5.95 Å². The van der Waals surface area contributed by atoms with E-state index in [1.54, 1.807) is 0 Å². The molecule has 43 heavy (non-hydrogen) atoms. The maximum absolute atomic E-state index is 9.59. The van der Waals surface area contributed by atoms with Gasteiger partial charge in [-0.1, -0.05) is 48.5 Å². The summed E-state index contributed by atoms with van der Waals surface area (Å²) >= 11 is 0. The standard InChI is InChI=1S/C34H43N3O6/c38-18-6-7-20-42-32-22-27(14-16-31(32)41-21-9-8-19-40-25-26-10-2-1-3-11-26)23-35-34-36-29-12-4-5-13-30(29)37(34)33-17-15-28(24-39)43-33/h1-5,10-14,16,22,28,33,38-39H,6-9,15,17-21,23-25H2,(H,35,36)/t28-,33+/m0/s1. The Kier molecular flexibility index (Phi) is 11.7. The Bertz CT molecular complexity index is 1400. The van der Waals surface area contributed by atoms with Crippen molar-refractivity contribution in [3.63, 3.8) is 0 Å². The van der Waals surface area contributed by atoms with Gasteiger partial charge in [-0.2, -0.15) is 0 Å². The van der Waals surface area contributed by atoms with Crippen LogP contribution < -0.4 is 14.8 Å². The Morgan fingerprint density at radius 3 is 2.40 bits per heavy atom. The molecule has 4 aromatic rings. The fourth-order valence-corrected chi connectivity index (χ4v) is 5.20. The summed E-state index contributed by atoms with van der Waals surface area (Å²) in [6.45, 7) is 3.07. The molecule has 5 rings (SSSR count). The molecule has 0 radical (unpaired) electrons. The molecule has 0 aliphatic carbocycles. The van der Waals surface area contributed by atoms with Crippen LogP contribution in [-0.4, -0.2) is 58.9 Å². The number of hydrogen-bond acceptors (Lipinski definition) is 8. The fourth-order valence-electron chi connectivity index (χ4n) is 5.20. The maximum atomic E-state index is 9.59. The highest BCUT2D eigenvalue weighted by molar-refractivity contribution is 5.78. The van der Waals surface area contributed by atoms with E-state index in [1.165, 1.54) is 5.56 Å². The molecular weight excluding hydrogens is 546 g/mol. The molecule has 1 saturated heterocycles. The van der Waals surface area contributed by atoms with Crippen molar-refractivity contribution in [1.29, 1.82) is 0 Å². The van der Waals surface area contributed by atoms with Crippen LogP contribution in [-0.2, 0) is 22.6 Å². The quantitative estimate of drug-likeness (QED) is 0.124. The lowest BCUT2D eigenvalue weighted by atomic mass is 10.2. The SMILES string of the molecule is OCCCCOc1cc(CNc2nc3ccccc3n2[C@H]2CC[C@@H](CO)O2)ccc1OCCCCOCc1ccccc1. The number of ether oxygens (including phenoxy) is 4. The van der Waals surface area contributed by atoms with Crippen LogP contribution in [0.3, 0.4) is 0 Å². The maximum Gasteiger partial charge on any atom is 0.206 e. The average molecular weight is 590 g/mol. The number of rotatable bonds is 18. The van der Waals surface area contributed by atoms with Crippen LogP contribution in [0, 0.1) is 0 Å². The van der Waals surface area contributed by atoms with Crippen LogP contribution >= 0.6 is 0 Å². The molecule has 9 nitrogen and oxygen atoms in total. The van der Waals surface area contributed by atoms with Crippen molar-refractivity contribution in [2.24, 2.45) is 0 Å². The second-order valence-corrected chi connectivity index (χ2v) is 10.8. The summed E-state index contributed by atoms with van der Waals surface area (Å²) in [4.78, 5) is 4.84. The largest absolute Gasteiger partial charge is 0.490 e. The molecule has 1 aliphatic rings. The Labute approximate surface area is 253 Å². The number of fused-ring (bicyclic) bond motifs is 1. The zero-order chi connectivity index (χ0) is 29.7. The van der Waals surface area contributed by atoms with Crippen molar-refractivity contribution in [3.05, 3.63) is 83.9 Å². The molecule has 0 spiro atoms. The number of nitrogens with zero attached hydrogens (tertiary/aromatic N) is 2. The minimum Gasteiger partial charge on any atom is -0.490 e. The molecule has 3 aromatic carbocycles. The minimum absolute atomic E-state index is 0.0173. The van der Waals surface area contributed by atoms with Crippen LogP contribution in [0.25, 0.3) is 11.0 Å². The van der Waals surface area contributed by atoms with E-state index in [1.807, 2.05) is 60.7 Å². The highest BCUT2D eigenvalue weighted by atomic mass is 16.5. The second kappa shape index (κ2) is 16.3. The van der Waals surface area contributed by atoms with Gasteiger partial charge in [-0.25, -0.2) is 4.98 Å².